The van der Waals surface area contributed by atoms with Gasteiger partial charge in [0.05, 0.1) is 24.5 Å². The summed E-state index contributed by atoms with van der Waals surface area (Å²) in [5, 5.41) is 21.7. The van der Waals surface area contributed by atoms with Crippen LogP contribution in [0.2, 0.25) is 0 Å². The first-order valence-electron chi connectivity index (χ1n) is 14.5. The minimum atomic E-state index is -4.26. The molecule has 0 aromatic rings. The molecule has 4 aliphatic carbocycles. The monoisotopic (exact) mass is 556 g/mol. The maximum Gasteiger partial charge on any atom is 0.266 e. The zero-order valence-corrected chi connectivity index (χ0v) is 24.0. The normalized spacial score (nSPS) is 41.5. The van der Waals surface area contributed by atoms with E-state index in [2.05, 4.69) is 20.8 Å². The van der Waals surface area contributed by atoms with Gasteiger partial charge in [-0.3, -0.25) is 14.1 Å². The topological polar surface area (TPSA) is 158 Å². The molecule has 218 valence electrons. The average Bonchev–Trinajstić information content (AvgIpc) is 3.17. The third-order valence-corrected chi connectivity index (χ3v) is 12.2. The van der Waals surface area contributed by atoms with Gasteiger partial charge in [-0.2, -0.15) is 8.42 Å². The Balaban J connectivity index is 1.41. The van der Waals surface area contributed by atoms with Crippen LogP contribution in [0.25, 0.3) is 0 Å². The molecule has 0 heterocycles. The first kappa shape index (κ1) is 29.7. The molecular formula is C28H48N2O7S. The van der Waals surface area contributed by atoms with Gasteiger partial charge in [-0.25, -0.2) is 0 Å². The lowest BCUT2D eigenvalue weighted by Gasteiger charge is -2.62. The van der Waals surface area contributed by atoms with E-state index in [4.69, 9.17) is 10.3 Å². The van der Waals surface area contributed by atoms with Crippen LogP contribution < -0.4 is 5.73 Å². The quantitative estimate of drug-likeness (QED) is 0.318. The van der Waals surface area contributed by atoms with E-state index in [9.17, 15) is 28.2 Å². The number of hydrogen-bond acceptors (Lipinski definition) is 6. The molecule has 38 heavy (non-hydrogen) atoms. The van der Waals surface area contributed by atoms with Crippen LogP contribution in [0.1, 0.15) is 85.0 Å². The zero-order chi connectivity index (χ0) is 28.0. The highest BCUT2D eigenvalue weighted by Crippen LogP contribution is 2.68. The molecule has 10 atom stereocenters. The van der Waals surface area contributed by atoms with Crippen molar-refractivity contribution in [2.45, 2.75) is 97.2 Å². The van der Waals surface area contributed by atoms with E-state index in [0.29, 0.717) is 30.1 Å². The van der Waals surface area contributed by atoms with Crippen LogP contribution in [0.3, 0.4) is 0 Å². The summed E-state index contributed by atoms with van der Waals surface area (Å²) in [4.78, 5) is 25.5. The minimum absolute atomic E-state index is 0.0971. The van der Waals surface area contributed by atoms with Crippen LogP contribution in [-0.2, 0) is 19.7 Å². The number of nitrogens with zero attached hydrogens (tertiary/aromatic N) is 1. The second kappa shape index (κ2) is 11.0. The lowest BCUT2D eigenvalue weighted by molar-refractivity contribution is -0.174. The predicted molar refractivity (Wildman–Crippen MR) is 143 cm³/mol. The number of nitrogens with two attached hydrogens (primary N) is 1. The van der Waals surface area contributed by atoms with Gasteiger partial charge in [0.2, 0.25) is 11.8 Å². The molecule has 0 aromatic heterocycles. The van der Waals surface area contributed by atoms with E-state index < -0.39 is 21.8 Å². The number of rotatable bonds is 9. The molecule has 0 radical (unpaired) electrons. The van der Waals surface area contributed by atoms with Crippen molar-refractivity contribution in [2.24, 2.45) is 52.1 Å². The van der Waals surface area contributed by atoms with Crippen molar-refractivity contribution < 1.29 is 32.8 Å². The molecule has 4 aliphatic rings. The molecule has 9 nitrogen and oxygen atoms in total. The summed E-state index contributed by atoms with van der Waals surface area (Å²) in [6, 6.07) is 0. The molecule has 0 saturated heterocycles. The second-order valence-electron chi connectivity index (χ2n) is 13.5. The lowest BCUT2D eigenvalue weighted by Crippen LogP contribution is -2.58. The van der Waals surface area contributed by atoms with Crippen LogP contribution in [0.15, 0.2) is 0 Å². The fraction of sp³-hybridized carbons (Fsp3) is 0.929. The van der Waals surface area contributed by atoms with Crippen molar-refractivity contribution in [2.75, 3.05) is 18.8 Å². The Morgan fingerprint density at radius 1 is 1.03 bits per heavy atom. The van der Waals surface area contributed by atoms with Crippen LogP contribution >= 0.6 is 0 Å². The van der Waals surface area contributed by atoms with E-state index in [-0.39, 0.29) is 60.3 Å². The summed E-state index contributed by atoms with van der Waals surface area (Å²) >= 11 is 0. The van der Waals surface area contributed by atoms with Gasteiger partial charge in [-0.15, -0.1) is 0 Å². The van der Waals surface area contributed by atoms with Crippen molar-refractivity contribution >= 4 is 21.9 Å². The van der Waals surface area contributed by atoms with Gasteiger partial charge in [-0.1, -0.05) is 20.8 Å². The fourth-order valence-corrected chi connectivity index (χ4v) is 10.0. The van der Waals surface area contributed by atoms with E-state index in [1.807, 2.05) is 0 Å². The number of fused-ring (bicyclic) bond motifs is 5. The van der Waals surface area contributed by atoms with Gasteiger partial charge in [0.15, 0.2) is 0 Å². The molecule has 0 aromatic carbocycles. The summed E-state index contributed by atoms with van der Waals surface area (Å²) in [7, 11) is -4.26. The number of amides is 2. The van der Waals surface area contributed by atoms with E-state index in [1.165, 1.54) is 0 Å². The number of carbonyl (C=O) groups excluding carboxylic acids is 2. The third kappa shape index (κ3) is 5.79. The Kier molecular flexibility index (Phi) is 8.59. The molecular weight excluding hydrogens is 508 g/mol. The van der Waals surface area contributed by atoms with Crippen LogP contribution in [0.4, 0.5) is 0 Å². The second-order valence-corrected chi connectivity index (χ2v) is 15.1. The number of aliphatic hydroxyl groups is 2. The van der Waals surface area contributed by atoms with Gasteiger partial charge in [0.1, 0.15) is 0 Å². The van der Waals surface area contributed by atoms with Crippen molar-refractivity contribution in [3.05, 3.63) is 0 Å². The molecule has 0 spiro atoms. The molecule has 4 fully saturated rings. The molecule has 10 heteroatoms. The maximum atomic E-state index is 12.9. The smallest absolute Gasteiger partial charge is 0.266 e. The number of primary amides is 1. The van der Waals surface area contributed by atoms with Crippen LogP contribution in [0.5, 0.6) is 0 Å². The number of hydrogen-bond donors (Lipinski definition) is 4. The molecule has 0 aliphatic heterocycles. The van der Waals surface area contributed by atoms with Gasteiger partial charge in [-0.05, 0) is 104 Å². The van der Waals surface area contributed by atoms with Crippen molar-refractivity contribution in [1.29, 1.82) is 0 Å². The summed E-state index contributed by atoms with van der Waals surface area (Å²) < 4.78 is 31.4. The van der Waals surface area contributed by atoms with E-state index in [0.717, 1.165) is 56.3 Å². The fourth-order valence-electron chi connectivity index (χ4n) is 9.59. The Hall–Kier alpha value is -1.23. The zero-order valence-electron chi connectivity index (χ0n) is 23.2. The lowest BCUT2D eigenvalue weighted by atomic mass is 9.43. The standard InChI is InChI=1S/C28H48N2O7S/c1-17(4-7-25(34)30(16-24(29)33)12-13-38(35,36)37)20-5-6-21-26-22(9-11-28(20,21)3)27(2)10-8-19(31)14-18(27)15-23(26)32/h17-23,26,31-32H,4-16H2,1-3H3,(H2,29,33)(H,35,36,37)/t17?,18-,19+,20?,21?,22?,23-,26?,27-,28+/m0/s1. The van der Waals surface area contributed by atoms with E-state index >= 15 is 0 Å². The Bertz CT molecular complexity index is 1010. The van der Waals surface area contributed by atoms with Crippen molar-refractivity contribution in [3.63, 3.8) is 0 Å². The summed E-state index contributed by atoms with van der Waals surface area (Å²) in [6.07, 6.45) is 8.11. The summed E-state index contributed by atoms with van der Waals surface area (Å²) in [5.74, 6) is 0.614. The molecule has 2 amide bonds. The SMILES string of the molecule is CC(CCC(=O)N(CCS(=O)(=O)O)CC(N)=O)C1CCC2C3C(CC[C@]12C)[C@@]1(C)CC[C@@H](O)C[C@H]1C[C@@H]3O. The molecule has 0 bridgehead atoms. The van der Waals surface area contributed by atoms with Crippen LogP contribution in [0, 0.1) is 46.3 Å². The molecule has 4 saturated carbocycles. The largest absolute Gasteiger partial charge is 0.393 e. The first-order valence-corrected chi connectivity index (χ1v) is 16.1. The highest BCUT2D eigenvalue weighted by atomic mass is 32.2. The maximum absolute atomic E-state index is 12.9. The Morgan fingerprint density at radius 3 is 2.34 bits per heavy atom. The van der Waals surface area contributed by atoms with Gasteiger partial charge < -0.3 is 20.8 Å². The van der Waals surface area contributed by atoms with E-state index in [1.54, 1.807) is 0 Å². The minimum Gasteiger partial charge on any atom is -0.393 e. The predicted octanol–water partition coefficient (Wildman–Crippen LogP) is 2.60. The van der Waals surface area contributed by atoms with Crippen molar-refractivity contribution in [1.82, 2.24) is 4.90 Å². The first-order chi connectivity index (χ1) is 17.7. The van der Waals surface area contributed by atoms with Gasteiger partial charge in [0.25, 0.3) is 10.1 Å². The number of aliphatic hydroxyl groups excluding tert-OH is 2. The van der Waals surface area contributed by atoms with Gasteiger partial charge >= 0.3 is 0 Å². The van der Waals surface area contributed by atoms with Crippen LogP contribution in [-0.4, -0.2) is 70.9 Å². The van der Waals surface area contributed by atoms with Gasteiger partial charge in [0, 0.05) is 13.0 Å². The number of carbonyl (C=O) groups is 2. The van der Waals surface area contributed by atoms with Crippen molar-refractivity contribution in [3.8, 4) is 0 Å². The highest BCUT2D eigenvalue weighted by molar-refractivity contribution is 7.85. The average molecular weight is 557 g/mol. The molecule has 5 N–H and O–H groups in total. The summed E-state index contributed by atoms with van der Waals surface area (Å²) in [5.41, 5.74) is 5.54. The third-order valence-electron chi connectivity index (χ3n) is 11.5. The summed E-state index contributed by atoms with van der Waals surface area (Å²) in [6.45, 7) is 6.35. The Labute approximate surface area is 227 Å². The molecule has 5 unspecified atom stereocenters. The Morgan fingerprint density at radius 2 is 1.68 bits per heavy atom. The molecule has 4 rings (SSSR count). The highest BCUT2D eigenvalue weighted by Gasteiger charge is 2.62.